The van der Waals surface area contributed by atoms with Crippen LogP contribution in [0.4, 0.5) is 11.6 Å². The van der Waals surface area contributed by atoms with E-state index in [1.165, 1.54) is 5.56 Å². The first kappa shape index (κ1) is 23.3. The number of rotatable bonds is 5. The van der Waals surface area contributed by atoms with Gasteiger partial charge in [-0.2, -0.15) is 4.98 Å². The van der Waals surface area contributed by atoms with Crippen molar-refractivity contribution in [2.75, 3.05) is 11.9 Å². The fourth-order valence-corrected chi connectivity index (χ4v) is 4.70. The van der Waals surface area contributed by atoms with Gasteiger partial charge in [-0.25, -0.2) is 14.3 Å². The smallest absolute Gasteiger partial charge is 0.278 e. The van der Waals surface area contributed by atoms with Gasteiger partial charge in [-0.05, 0) is 48.4 Å². The zero-order chi connectivity index (χ0) is 24.7. The van der Waals surface area contributed by atoms with Gasteiger partial charge in [-0.3, -0.25) is 9.78 Å². The van der Waals surface area contributed by atoms with Crippen LogP contribution in [-0.2, 0) is 24.9 Å². The Morgan fingerprint density at radius 3 is 2.86 bits per heavy atom. The summed E-state index contributed by atoms with van der Waals surface area (Å²) in [7, 11) is 0. The number of halogens is 1. The van der Waals surface area contributed by atoms with Gasteiger partial charge in [0.05, 0.1) is 12.2 Å². The molecule has 1 aromatic carbocycles. The van der Waals surface area contributed by atoms with Crippen molar-refractivity contribution in [1.29, 1.82) is 0 Å². The van der Waals surface area contributed by atoms with Crippen molar-refractivity contribution in [2.24, 2.45) is 0 Å². The molecule has 35 heavy (non-hydrogen) atoms. The van der Waals surface area contributed by atoms with Crippen molar-refractivity contribution in [1.82, 2.24) is 29.6 Å². The molecule has 8 nitrogen and oxygen atoms in total. The number of hydrogen-bond donors (Lipinski definition) is 2. The molecule has 0 unspecified atom stereocenters. The maximum atomic E-state index is 13.2. The van der Waals surface area contributed by atoms with Gasteiger partial charge in [-0.1, -0.05) is 38.4 Å². The summed E-state index contributed by atoms with van der Waals surface area (Å²) >= 11 is 6.55. The highest BCUT2D eigenvalue weighted by Gasteiger charge is 2.21. The summed E-state index contributed by atoms with van der Waals surface area (Å²) in [5, 5.41) is 7.80. The van der Waals surface area contributed by atoms with Crippen molar-refractivity contribution in [3.05, 3.63) is 81.5 Å². The molecular formula is C26H28ClN7O. The molecule has 0 saturated carbocycles. The minimum absolute atomic E-state index is 0.148. The van der Waals surface area contributed by atoms with Crippen LogP contribution in [0.5, 0.6) is 0 Å². The normalized spacial score (nSPS) is 13.6. The standard InChI is InChI=1S/C26H28ClN7O/c1-5-10-33-24(35)20-15-30-25(31-17-11-16-14-28-8-7-19(16)21(27)12-17)32-23(20)34(33)18-6-9-29-22(13-18)26(2,3)4/h5-6,9,11-13,15,28H,1,7-8,10,14H2,2-4H3,(H,30,31,32). The summed E-state index contributed by atoms with van der Waals surface area (Å²) in [6.45, 7) is 12.2. The van der Waals surface area contributed by atoms with Crippen LogP contribution in [0.2, 0.25) is 5.02 Å². The molecular weight excluding hydrogens is 462 g/mol. The molecule has 5 rings (SSSR count). The molecule has 4 aromatic rings. The highest BCUT2D eigenvalue weighted by Crippen LogP contribution is 2.29. The summed E-state index contributed by atoms with van der Waals surface area (Å²) < 4.78 is 3.42. The number of nitrogens with zero attached hydrogens (tertiary/aromatic N) is 5. The molecule has 0 fully saturated rings. The van der Waals surface area contributed by atoms with Crippen LogP contribution in [0.3, 0.4) is 0 Å². The lowest BCUT2D eigenvalue weighted by atomic mass is 9.91. The zero-order valence-corrected chi connectivity index (χ0v) is 20.9. The van der Waals surface area contributed by atoms with Crippen molar-refractivity contribution >= 4 is 34.3 Å². The van der Waals surface area contributed by atoms with Crippen LogP contribution >= 0.6 is 11.6 Å². The van der Waals surface area contributed by atoms with Crippen LogP contribution in [0.1, 0.15) is 37.6 Å². The Morgan fingerprint density at radius 1 is 1.26 bits per heavy atom. The first-order chi connectivity index (χ1) is 16.8. The molecule has 0 amide bonds. The van der Waals surface area contributed by atoms with E-state index in [1.54, 1.807) is 23.2 Å². The van der Waals surface area contributed by atoms with Crippen molar-refractivity contribution < 1.29 is 0 Å². The van der Waals surface area contributed by atoms with E-state index in [0.29, 0.717) is 23.5 Å². The summed E-state index contributed by atoms with van der Waals surface area (Å²) in [5.41, 5.74) is 5.03. The number of aromatic nitrogens is 5. The van der Waals surface area contributed by atoms with Crippen LogP contribution in [-0.4, -0.2) is 30.9 Å². The third-order valence-corrected chi connectivity index (χ3v) is 6.48. The van der Waals surface area contributed by atoms with Gasteiger partial charge in [0, 0.05) is 40.8 Å². The second-order valence-electron chi connectivity index (χ2n) is 9.72. The van der Waals surface area contributed by atoms with Crippen molar-refractivity contribution in [3.63, 3.8) is 0 Å². The molecule has 1 aliphatic rings. The lowest BCUT2D eigenvalue weighted by Gasteiger charge is -2.20. The molecule has 0 bridgehead atoms. The van der Waals surface area contributed by atoms with E-state index in [-0.39, 0.29) is 11.0 Å². The largest absolute Gasteiger partial charge is 0.324 e. The van der Waals surface area contributed by atoms with E-state index < -0.39 is 0 Å². The molecule has 2 N–H and O–H groups in total. The van der Waals surface area contributed by atoms with E-state index in [4.69, 9.17) is 16.6 Å². The third kappa shape index (κ3) is 4.35. The number of allylic oxidation sites excluding steroid dienone is 1. The van der Waals surface area contributed by atoms with Gasteiger partial charge in [0.25, 0.3) is 5.56 Å². The summed E-state index contributed by atoms with van der Waals surface area (Å²) in [6, 6.07) is 7.83. The Hall–Kier alpha value is -3.49. The minimum Gasteiger partial charge on any atom is -0.324 e. The Morgan fingerprint density at radius 2 is 2.09 bits per heavy atom. The molecule has 1 aliphatic heterocycles. The molecule has 0 aliphatic carbocycles. The number of hydrogen-bond acceptors (Lipinski definition) is 6. The number of fused-ring (bicyclic) bond motifs is 2. The van der Waals surface area contributed by atoms with Crippen LogP contribution in [0, 0.1) is 0 Å². The molecule has 3 aromatic heterocycles. The van der Waals surface area contributed by atoms with Crippen molar-refractivity contribution in [3.8, 4) is 5.69 Å². The lowest BCUT2D eigenvalue weighted by molar-refractivity contribution is 0.563. The van der Waals surface area contributed by atoms with E-state index in [2.05, 4.69) is 54.0 Å². The second kappa shape index (κ2) is 8.94. The van der Waals surface area contributed by atoms with E-state index in [0.717, 1.165) is 47.2 Å². The Kier molecular flexibility index (Phi) is 5.94. The van der Waals surface area contributed by atoms with Gasteiger partial charge in [0.15, 0.2) is 5.65 Å². The molecule has 4 heterocycles. The van der Waals surface area contributed by atoms with Gasteiger partial charge in [-0.15, -0.1) is 6.58 Å². The summed E-state index contributed by atoms with van der Waals surface area (Å²) in [5.74, 6) is 0.381. The van der Waals surface area contributed by atoms with Gasteiger partial charge in [0.2, 0.25) is 5.95 Å². The van der Waals surface area contributed by atoms with Gasteiger partial charge >= 0.3 is 0 Å². The highest BCUT2D eigenvalue weighted by molar-refractivity contribution is 6.31. The number of anilines is 2. The molecule has 0 spiro atoms. The predicted molar refractivity (Wildman–Crippen MR) is 140 cm³/mol. The summed E-state index contributed by atoms with van der Waals surface area (Å²) in [6.07, 6.45) is 5.92. The quantitative estimate of drug-likeness (QED) is 0.401. The topological polar surface area (TPSA) is 89.7 Å². The van der Waals surface area contributed by atoms with Crippen LogP contribution < -0.4 is 16.2 Å². The zero-order valence-electron chi connectivity index (χ0n) is 20.1. The van der Waals surface area contributed by atoms with E-state index >= 15 is 0 Å². The third-order valence-electron chi connectivity index (χ3n) is 6.15. The van der Waals surface area contributed by atoms with Crippen molar-refractivity contribution in [2.45, 2.75) is 45.7 Å². The van der Waals surface area contributed by atoms with Crippen LogP contribution in [0.15, 0.2) is 54.1 Å². The Bertz CT molecular complexity index is 1500. The first-order valence-electron chi connectivity index (χ1n) is 11.6. The van der Waals surface area contributed by atoms with Gasteiger partial charge < -0.3 is 10.6 Å². The molecule has 0 radical (unpaired) electrons. The minimum atomic E-state index is -0.177. The summed E-state index contributed by atoms with van der Waals surface area (Å²) in [4.78, 5) is 26.9. The monoisotopic (exact) mass is 489 g/mol. The SMILES string of the molecule is C=CCn1c(=O)c2cnc(Nc3cc(Cl)c4c(c3)CNCC4)nc2n1-c1ccnc(C(C)(C)C)c1. The maximum absolute atomic E-state index is 13.2. The van der Waals surface area contributed by atoms with E-state index in [9.17, 15) is 4.79 Å². The average molecular weight is 490 g/mol. The number of benzene rings is 1. The average Bonchev–Trinajstić information content (AvgIpc) is 3.10. The van der Waals surface area contributed by atoms with Gasteiger partial charge in [0.1, 0.15) is 5.39 Å². The number of pyridine rings is 1. The predicted octanol–water partition coefficient (Wildman–Crippen LogP) is 4.50. The number of nitrogens with one attached hydrogen (secondary N) is 2. The first-order valence-corrected chi connectivity index (χ1v) is 12.0. The Balaban J connectivity index is 1.63. The molecule has 9 heteroatoms. The van der Waals surface area contributed by atoms with Crippen LogP contribution in [0.25, 0.3) is 16.7 Å². The lowest BCUT2D eigenvalue weighted by Crippen LogP contribution is -2.23. The second-order valence-corrected chi connectivity index (χ2v) is 10.1. The fraction of sp³-hybridized carbons (Fsp3) is 0.308. The maximum Gasteiger partial charge on any atom is 0.278 e. The van der Waals surface area contributed by atoms with E-state index in [1.807, 2.05) is 22.9 Å². The molecule has 180 valence electrons. The highest BCUT2D eigenvalue weighted by atomic mass is 35.5. The molecule has 0 atom stereocenters. The molecule has 0 saturated heterocycles. The Labute approximate surface area is 208 Å². The fourth-order valence-electron chi connectivity index (χ4n) is 4.37.